The molecule has 0 saturated heterocycles. The fraction of sp³-hybridized carbons (Fsp3) is 0. The maximum atomic E-state index is 10.2. The molecule has 0 aliphatic heterocycles. The van der Waals surface area contributed by atoms with Crippen molar-refractivity contribution in [3.05, 3.63) is 181 Å². The van der Waals surface area contributed by atoms with E-state index in [0.717, 1.165) is 55.6 Å². The molecule has 0 atom stereocenters. The zero-order valence-electron chi connectivity index (χ0n) is 25.1. The summed E-state index contributed by atoms with van der Waals surface area (Å²) in [6.07, 6.45) is 0. The minimum Gasteiger partial charge on any atom is -0.192 e. The molecule has 0 spiro atoms. The summed E-state index contributed by atoms with van der Waals surface area (Å²) in [5, 5.41) is 19.4. The van der Waals surface area contributed by atoms with Crippen molar-refractivity contribution in [3.8, 4) is 78.9 Å². The first kappa shape index (κ1) is 28.3. The lowest BCUT2D eigenvalue weighted by atomic mass is 9.92. The first-order chi connectivity index (χ1) is 22.7. The van der Waals surface area contributed by atoms with Crippen LogP contribution in [0.4, 0.5) is 0 Å². The lowest BCUT2D eigenvalue weighted by Gasteiger charge is -2.12. The number of hydrogen-bond donors (Lipinski definition) is 0. The molecule has 46 heavy (non-hydrogen) atoms. The maximum absolute atomic E-state index is 10.2. The summed E-state index contributed by atoms with van der Waals surface area (Å²) >= 11 is 0. The van der Waals surface area contributed by atoms with Gasteiger partial charge >= 0.3 is 0 Å². The minimum atomic E-state index is 0.637. The van der Waals surface area contributed by atoms with Crippen molar-refractivity contribution in [3.63, 3.8) is 0 Å². The smallest absolute Gasteiger partial charge is 0.0998 e. The highest BCUT2D eigenvalue weighted by Gasteiger charge is 2.11. The van der Waals surface area contributed by atoms with Crippen LogP contribution in [-0.4, -0.2) is 0 Å². The maximum Gasteiger partial charge on any atom is 0.0998 e. The molecule has 0 aliphatic rings. The molecule has 0 aliphatic carbocycles. The third kappa shape index (κ3) is 5.85. The van der Waals surface area contributed by atoms with Crippen LogP contribution >= 0.6 is 0 Å². The van der Waals surface area contributed by atoms with Crippen molar-refractivity contribution in [1.82, 2.24) is 0 Å². The Hall–Kier alpha value is -6.48. The van der Waals surface area contributed by atoms with Gasteiger partial charge in [0.15, 0.2) is 0 Å². The number of nitriles is 2. The fourth-order valence-corrected chi connectivity index (χ4v) is 5.94. The summed E-state index contributed by atoms with van der Waals surface area (Å²) in [6.45, 7) is 0. The van der Waals surface area contributed by atoms with Gasteiger partial charge in [-0.05, 0) is 109 Å². The highest BCUT2D eigenvalue weighted by Crippen LogP contribution is 2.34. The second-order valence-electron chi connectivity index (χ2n) is 11.3. The first-order valence-electron chi connectivity index (χ1n) is 15.2. The van der Waals surface area contributed by atoms with Gasteiger partial charge in [0, 0.05) is 0 Å². The first-order valence-corrected chi connectivity index (χ1v) is 15.2. The average molecular weight is 585 g/mol. The lowest BCUT2D eigenvalue weighted by molar-refractivity contribution is 1.47. The number of benzene rings is 7. The Morgan fingerprint density at radius 1 is 0.283 bits per heavy atom. The summed E-state index contributed by atoms with van der Waals surface area (Å²) in [5.41, 5.74) is 14.2. The van der Waals surface area contributed by atoms with E-state index < -0.39 is 0 Å². The fourth-order valence-electron chi connectivity index (χ4n) is 5.94. The van der Waals surface area contributed by atoms with Gasteiger partial charge in [-0.2, -0.15) is 10.5 Å². The Morgan fingerprint density at radius 3 is 1.13 bits per heavy atom. The zero-order valence-corrected chi connectivity index (χ0v) is 25.1. The summed E-state index contributed by atoms with van der Waals surface area (Å²) in [7, 11) is 0. The molecule has 0 heterocycles. The number of hydrogen-bond acceptors (Lipinski definition) is 2. The van der Waals surface area contributed by atoms with Crippen molar-refractivity contribution in [2.45, 2.75) is 0 Å². The Labute approximate surface area is 269 Å². The number of rotatable bonds is 6. The third-order valence-corrected chi connectivity index (χ3v) is 8.36. The van der Waals surface area contributed by atoms with E-state index in [0.29, 0.717) is 11.1 Å². The molecule has 0 aromatic heterocycles. The van der Waals surface area contributed by atoms with E-state index >= 15 is 0 Å². The molecule has 0 fully saturated rings. The molecule has 214 valence electrons. The molecular formula is C44H28N2. The van der Waals surface area contributed by atoms with Gasteiger partial charge in [-0.3, -0.25) is 0 Å². The van der Waals surface area contributed by atoms with E-state index in [2.05, 4.69) is 140 Å². The van der Waals surface area contributed by atoms with Crippen molar-refractivity contribution in [2.75, 3.05) is 0 Å². The van der Waals surface area contributed by atoms with Crippen molar-refractivity contribution < 1.29 is 0 Å². The van der Waals surface area contributed by atoms with Crippen LogP contribution in [0.1, 0.15) is 11.1 Å². The molecule has 2 nitrogen and oxygen atoms in total. The van der Waals surface area contributed by atoms with Crippen LogP contribution in [0, 0.1) is 22.7 Å². The van der Waals surface area contributed by atoms with Gasteiger partial charge in [0.2, 0.25) is 0 Å². The molecule has 0 saturated carbocycles. The highest BCUT2D eigenvalue weighted by molar-refractivity contribution is 5.82. The predicted molar refractivity (Wildman–Crippen MR) is 188 cm³/mol. The van der Waals surface area contributed by atoms with Crippen LogP contribution in [-0.2, 0) is 0 Å². The van der Waals surface area contributed by atoms with Crippen LogP contribution in [0.2, 0.25) is 0 Å². The van der Waals surface area contributed by atoms with Gasteiger partial charge < -0.3 is 0 Å². The van der Waals surface area contributed by atoms with E-state index in [1.54, 1.807) is 0 Å². The molecule has 7 aromatic rings. The average Bonchev–Trinajstić information content (AvgIpc) is 3.15. The molecule has 0 amide bonds. The van der Waals surface area contributed by atoms with Crippen LogP contribution in [0.15, 0.2) is 170 Å². The summed E-state index contributed by atoms with van der Waals surface area (Å²) in [5.74, 6) is 0. The number of nitrogens with zero attached hydrogens (tertiary/aromatic N) is 2. The van der Waals surface area contributed by atoms with Gasteiger partial charge in [0.25, 0.3) is 0 Å². The quantitative estimate of drug-likeness (QED) is 0.195. The monoisotopic (exact) mass is 584 g/mol. The molecular weight excluding hydrogens is 556 g/mol. The van der Waals surface area contributed by atoms with E-state index in [4.69, 9.17) is 5.26 Å². The highest BCUT2D eigenvalue weighted by atomic mass is 14.3. The molecule has 7 aromatic carbocycles. The van der Waals surface area contributed by atoms with Crippen LogP contribution in [0.5, 0.6) is 0 Å². The topological polar surface area (TPSA) is 47.6 Å². The SMILES string of the molecule is N#Cc1ccc(-c2cccc(-c3cccc(-c4ccc(-c5cccc(-c6cccc(-c7ccccc7)c6)c5)cc4C#N)c3)c2)cc1. The molecule has 2 heteroatoms. The van der Waals surface area contributed by atoms with Gasteiger partial charge in [-0.25, -0.2) is 0 Å². The lowest BCUT2D eigenvalue weighted by Crippen LogP contribution is -1.89. The molecule has 7 rings (SSSR count). The standard InChI is InChI=1S/C44H28N2/c45-29-31-18-20-33(21-19-31)35-11-5-13-37(25-35)40-16-7-17-42(27-40)44-23-22-41(28-43(44)30-46)39-15-6-14-38(26-39)36-12-4-10-34(24-36)32-8-2-1-3-9-32/h1-28H. The molecule has 0 N–H and O–H groups in total. The Balaban J connectivity index is 1.19. The van der Waals surface area contributed by atoms with E-state index in [9.17, 15) is 5.26 Å². The Bertz CT molecular complexity index is 2270. The van der Waals surface area contributed by atoms with Crippen LogP contribution in [0.25, 0.3) is 66.8 Å². The molecule has 0 bridgehead atoms. The van der Waals surface area contributed by atoms with E-state index in [1.165, 1.54) is 11.1 Å². The zero-order chi connectivity index (χ0) is 31.3. The second-order valence-corrected chi connectivity index (χ2v) is 11.3. The Kier molecular flexibility index (Phi) is 7.77. The normalized spacial score (nSPS) is 10.6. The summed E-state index contributed by atoms with van der Waals surface area (Å²) in [4.78, 5) is 0. The summed E-state index contributed by atoms with van der Waals surface area (Å²) in [6, 6.07) is 62.7. The van der Waals surface area contributed by atoms with Crippen molar-refractivity contribution in [2.24, 2.45) is 0 Å². The van der Waals surface area contributed by atoms with Gasteiger partial charge in [-0.15, -0.1) is 0 Å². The van der Waals surface area contributed by atoms with Gasteiger partial charge in [0.05, 0.1) is 23.3 Å². The minimum absolute atomic E-state index is 0.637. The van der Waals surface area contributed by atoms with Gasteiger partial charge in [0.1, 0.15) is 0 Å². The van der Waals surface area contributed by atoms with E-state index in [1.807, 2.05) is 42.5 Å². The van der Waals surface area contributed by atoms with E-state index in [-0.39, 0.29) is 0 Å². The predicted octanol–water partition coefficient (Wildman–Crippen LogP) is 11.4. The summed E-state index contributed by atoms with van der Waals surface area (Å²) < 4.78 is 0. The third-order valence-electron chi connectivity index (χ3n) is 8.36. The van der Waals surface area contributed by atoms with Crippen LogP contribution in [0.3, 0.4) is 0 Å². The second kappa shape index (κ2) is 12.6. The Morgan fingerprint density at radius 2 is 0.652 bits per heavy atom. The molecule has 0 unspecified atom stereocenters. The molecule has 0 radical (unpaired) electrons. The van der Waals surface area contributed by atoms with Crippen LogP contribution < -0.4 is 0 Å². The van der Waals surface area contributed by atoms with Crippen molar-refractivity contribution in [1.29, 1.82) is 10.5 Å². The van der Waals surface area contributed by atoms with Gasteiger partial charge in [-0.1, -0.05) is 127 Å². The largest absolute Gasteiger partial charge is 0.192 e. The van der Waals surface area contributed by atoms with Crippen molar-refractivity contribution >= 4 is 0 Å².